The molecule has 2 N–H and O–H groups in total. The average molecular weight is 551 g/mol. The van der Waals surface area contributed by atoms with Gasteiger partial charge >= 0.3 is 0 Å². The van der Waals surface area contributed by atoms with E-state index in [-0.39, 0.29) is 28.0 Å². The molecule has 0 aliphatic heterocycles. The summed E-state index contributed by atoms with van der Waals surface area (Å²) in [6.07, 6.45) is 1.48. The van der Waals surface area contributed by atoms with E-state index in [1.54, 1.807) is 29.6 Å². The van der Waals surface area contributed by atoms with Gasteiger partial charge in [-0.2, -0.15) is 0 Å². The second-order valence-electron chi connectivity index (χ2n) is 7.84. The Morgan fingerprint density at radius 1 is 0.838 bits per heavy atom. The minimum absolute atomic E-state index is 0.0111. The average Bonchev–Trinajstić information content (AvgIpc) is 3.38. The topological polar surface area (TPSA) is 108 Å². The van der Waals surface area contributed by atoms with Gasteiger partial charge in [0.15, 0.2) is 10.2 Å². The Hall–Kier alpha value is -3.93. The lowest BCUT2D eigenvalue weighted by Crippen LogP contribution is -2.45. The van der Waals surface area contributed by atoms with Gasteiger partial charge in [-0.15, -0.1) is 11.3 Å². The van der Waals surface area contributed by atoms with Crippen LogP contribution < -0.4 is 10.0 Å². The molecule has 1 heterocycles. The number of carbonyl (C=O) groups excluding carboxylic acids is 2. The lowest BCUT2D eigenvalue weighted by molar-refractivity contribution is -0.138. The van der Waals surface area contributed by atoms with Crippen LogP contribution in [0.15, 0.2) is 101 Å². The number of carbonyl (C=O) groups is 2. The highest BCUT2D eigenvalue weighted by Crippen LogP contribution is 2.20. The van der Waals surface area contributed by atoms with Crippen molar-refractivity contribution in [2.45, 2.75) is 17.7 Å². The summed E-state index contributed by atoms with van der Waals surface area (Å²) in [4.78, 5) is 31.3. The minimum Gasteiger partial charge on any atom is -0.332 e. The smallest absolute Gasteiger partial charge is 0.263 e. The van der Waals surface area contributed by atoms with Gasteiger partial charge < -0.3 is 5.32 Å². The van der Waals surface area contributed by atoms with Crippen molar-refractivity contribution in [2.24, 2.45) is 0 Å². The van der Waals surface area contributed by atoms with E-state index in [0.717, 1.165) is 16.0 Å². The Morgan fingerprint density at radius 3 is 1.86 bits per heavy atom. The molecule has 0 fully saturated rings. The Balaban J connectivity index is 1.51. The number of nitrogens with one attached hydrogen (secondary N) is 2. The summed E-state index contributed by atoms with van der Waals surface area (Å²) in [6, 6.07) is 23.9. The molecule has 0 spiro atoms. The maximum atomic E-state index is 13.2. The van der Waals surface area contributed by atoms with E-state index in [2.05, 4.69) is 15.0 Å². The van der Waals surface area contributed by atoms with Gasteiger partial charge in [0.2, 0.25) is 11.8 Å². The van der Waals surface area contributed by atoms with E-state index < -0.39 is 21.8 Å². The third-order valence-corrected chi connectivity index (χ3v) is 7.63. The molecule has 0 radical (unpaired) electrons. The Kier molecular flexibility index (Phi) is 8.39. The third kappa shape index (κ3) is 7.06. The van der Waals surface area contributed by atoms with Crippen LogP contribution in [0.25, 0.3) is 0 Å². The van der Waals surface area contributed by atoms with Gasteiger partial charge in [0.1, 0.15) is 0 Å². The van der Waals surface area contributed by atoms with Crippen molar-refractivity contribution in [2.75, 3.05) is 10.0 Å². The molecule has 188 valence electrons. The van der Waals surface area contributed by atoms with Crippen LogP contribution in [0.4, 0.5) is 10.8 Å². The second kappa shape index (κ2) is 11.9. The number of sulfonamides is 1. The lowest BCUT2D eigenvalue weighted by Gasteiger charge is -2.23. The van der Waals surface area contributed by atoms with Crippen molar-refractivity contribution in [3.63, 3.8) is 0 Å². The van der Waals surface area contributed by atoms with Gasteiger partial charge in [-0.1, -0.05) is 60.7 Å². The minimum atomic E-state index is -3.82. The molecule has 4 rings (SSSR count). The summed E-state index contributed by atoms with van der Waals surface area (Å²) in [6.45, 7) is 0. The number of anilines is 2. The van der Waals surface area contributed by atoms with Crippen molar-refractivity contribution in [1.29, 1.82) is 0 Å². The van der Waals surface area contributed by atoms with E-state index in [4.69, 9.17) is 12.2 Å². The highest BCUT2D eigenvalue weighted by Gasteiger charge is 2.26. The Morgan fingerprint density at radius 2 is 1.38 bits per heavy atom. The highest BCUT2D eigenvalue weighted by molar-refractivity contribution is 7.93. The fraction of sp³-hybridized carbons (Fsp3) is 0.0769. The Labute approximate surface area is 224 Å². The molecular formula is C26H22N4O4S3. The van der Waals surface area contributed by atoms with Gasteiger partial charge in [-0.25, -0.2) is 18.3 Å². The number of hydrogen-bond donors (Lipinski definition) is 2. The molecule has 0 unspecified atom stereocenters. The number of rotatable bonds is 8. The van der Waals surface area contributed by atoms with Crippen LogP contribution >= 0.6 is 23.6 Å². The zero-order chi connectivity index (χ0) is 26.3. The largest absolute Gasteiger partial charge is 0.332 e. The third-order valence-electron chi connectivity index (χ3n) is 5.17. The molecule has 8 nitrogen and oxygen atoms in total. The number of thiazole rings is 1. The molecule has 0 bridgehead atoms. The summed E-state index contributed by atoms with van der Waals surface area (Å²) < 4.78 is 27.6. The number of nitrogens with zero attached hydrogens (tertiary/aromatic N) is 2. The monoisotopic (exact) mass is 550 g/mol. The Bertz CT molecular complexity index is 1420. The first-order valence-corrected chi connectivity index (χ1v) is 13.9. The molecule has 1 aromatic heterocycles. The summed E-state index contributed by atoms with van der Waals surface area (Å²) in [5, 5.41) is 4.71. The quantitative estimate of drug-likeness (QED) is 0.311. The first-order valence-electron chi connectivity index (χ1n) is 11.1. The van der Waals surface area contributed by atoms with Crippen LogP contribution in [0, 0.1) is 0 Å². The van der Waals surface area contributed by atoms with Crippen molar-refractivity contribution in [1.82, 2.24) is 9.88 Å². The summed E-state index contributed by atoms with van der Waals surface area (Å²) in [5.41, 5.74) is 1.91. The fourth-order valence-electron chi connectivity index (χ4n) is 3.41. The van der Waals surface area contributed by atoms with E-state index in [1.807, 2.05) is 36.4 Å². The van der Waals surface area contributed by atoms with Crippen LogP contribution in [0.3, 0.4) is 0 Å². The molecule has 0 saturated carbocycles. The maximum Gasteiger partial charge on any atom is 0.263 e. The highest BCUT2D eigenvalue weighted by atomic mass is 32.2. The van der Waals surface area contributed by atoms with Gasteiger partial charge in [0.05, 0.1) is 17.7 Å². The summed E-state index contributed by atoms with van der Waals surface area (Å²) in [5.74, 6) is -0.951. The number of thiocarbonyl (C=S) groups is 1. The molecule has 11 heteroatoms. The number of benzene rings is 3. The van der Waals surface area contributed by atoms with Gasteiger partial charge in [0, 0.05) is 17.3 Å². The zero-order valence-corrected chi connectivity index (χ0v) is 21.9. The van der Waals surface area contributed by atoms with Crippen LogP contribution in [-0.4, -0.2) is 35.2 Å². The van der Waals surface area contributed by atoms with Gasteiger partial charge in [-0.05, 0) is 47.6 Å². The van der Waals surface area contributed by atoms with Crippen LogP contribution in [0.1, 0.15) is 11.1 Å². The fourth-order valence-corrected chi connectivity index (χ4v) is 5.52. The first kappa shape index (κ1) is 26.1. The van der Waals surface area contributed by atoms with E-state index >= 15 is 0 Å². The molecule has 0 aliphatic rings. The van der Waals surface area contributed by atoms with Gasteiger partial charge in [0.25, 0.3) is 10.0 Å². The normalized spacial score (nSPS) is 10.9. The molecule has 0 saturated heterocycles. The van der Waals surface area contributed by atoms with Crippen LogP contribution in [0.2, 0.25) is 0 Å². The molecule has 37 heavy (non-hydrogen) atoms. The lowest BCUT2D eigenvalue weighted by atomic mass is 10.1. The van der Waals surface area contributed by atoms with Crippen molar-refractivity contribution >= 4 is 61.3 Å². The van der Waals surface area contributed by atoms with Crippen LogP contribution in [-0.2, 0) is 32.5 Å². The van der Waals surface area contributed by atoms with Gasteiger partial charge in [-0.3, -0.25) is 14.3 Å². The SMILES string of the molecule is O=C(Cc1ccccc1)N(C(=O)Cc1ccccc1)C(=S)Nc1ccc(S(=O)(=O)Nc2nccs2)cc1. The van der Waals surface area contributed by atoms with Crippen molar-refractivity contribution < 1.29 is 18.0 Å². The van der Waals surface area contributed by atoms with E-state index in [1.165, 1.54) is 41.8 Å². The number of aromatic nitrogens is 1. The first-order chi connectivity index (χ1) is 17.8. The van der Waals surface area contributed by atoms with E-state index in [9.17, 15) is 18.0 Å². The molecule has 4 aromatic rings. The second-order valence-corrected chi connectivity index (χ2v) is 10.8. The summed E-state index contributed by atoms with van der Waals surface area (Å²) >= 11 is 6.63. The predicted molar refractivity (Wildman–Crippen MR) is 148 cm³/mol. The molecule has 2 amide bonds. The predicted octanol–water partition coefficient (Wildman–Crippen LogP) is 4.48. The number of imide groups is 1. The molecule has 0 atom stereocenters. The molecule has 0 aliphatic carbocycles. The maximum absolute atomic E-state index is 13.2. The summed E-state index contributed by atoms with van der Waals surface area (Å²) in [7, 11) is -3.82. The standard InChI is InChI=1S/C26H22N4O4S3/c31-23(17-19-7-3-1-4-8-19)30(24(32)18-20-9-5-2-6-10-20)26(35)28-21-11-13-22(14-12-21)37(33,34)29-25-27-15-16-36-25/h1-16H,17-18H2,(H,27,29)(H,28,35). The molecular weight excluding hydrogens is 529 g/mol. The van der Waals surface area contributed by atoms with Crippen molar-refractivity contribution in [3.8, 4) is 0 Å². The molecule has 3 aromatic carbocycles. The van der Waals surface area contributed by atoms with Crippen molar-refractivity contribution in [3.05, 3.63) is 108 Å². The van der Waals surface area contributed by atoms with E-state index in [0.29, 0.717) is 5.69 Å². The zero-order valence-electron chi connectivity index (χ0n) is 19.4. The van der Waals surface area contributed by atoms with Crippen LogP contribution in [0.5, 0.6) is 0 Å². The number of amides is 2. The number of hydrogen-bond acceptors (Lipinski definition) is 7.